The lowest BCUT2D eigenvalue weighted by Crippen LogP contribution is -2.14. The van der Waals surface area contributed by atoms with Crippen molar-refractivity contribution < 1.29 is 4.57 Å². The molecular weight excluding hydrogens is 251 g/mol. The van der Waals surface area contributed by atoms with Gasteiger partial charge in [0.1, 0.15) is 0 Å². The maximum atomic E-state index is 13.2. The molecule has 0 atom stereocenters. The molecule has 0 saturated heterocycles. The van der Waals surface area contributed by atoms with Crippen molar-refractivity contribution in [3.05, 3.63) is 60.7 Å². The van der Waals surface area contributed by atoms with E-state index in [1.165, 1.54) is 0 Å². The summed E-state index contributed by atoms with van der Waals surface area (Å²) in [6.45, 7) is 1.71. The van der Waals surface area contributed by atoms with Crippen LogP contribution < -0.4 is 10.6 Å². The van der Waals surface area contributed by atoms with Gasteiger partial charge < -0.3 is 0 Å². The predicted molar refractivity (Wildman–Crippen MR) is 81.0 cm³/mol. The summed E-state index contributed by atoms with van der Waals surface area (Å²) in [6, 6.07) is 18.7. The fourth-order valence-electron chi connectivity index (χ4n) is 1.72. The Morgan fingerprint density at radius 1 is 0.789 bits per heavy atom. The molecule has 0 aromatic heterocycles. The zero-order valence-electron chi connectivity index (χ0n) is 10.6. The van der Waals surface area contributed by atoms with Crippen LogP contribution in [0, 0.1) is 23.4 Å². The second kappa shape index (κ2) is 6.10. The molecule has 0 amide bonds. The van der Waals surface area contributed by atoms with Gasteiger partial charge in [-0.25, -0.2) is 0 Å². The quantitative estimate of drug-likeness (QED) is 0.602. The Morgan fingerprint density at radius 2 is 1.26 bits per heavy atom. The topological polar surface area (TPSA) is 17.1 Å². The van der Waals surface area contributed by atoms with Gasteiger partial charge in [-0.2, -0.15) is 0 Å². The van der Waals surface area contributed by atoms with Gasteiger partial charge >= 0.3 is 0 Å². The van der Waals surface area contributed by atoms with Crippen molar-refractivity contribution in [1.82, 2.24) is 0 Å². The second-order valence-corrected chi connectivity index (χ2v) is 6.37. The van der Waals surface area contributed by atoms with E-state index < -0.39 is 7.14 Å². The van der Waals surface area contributed by atoms with Crippen LogP contribution >= 0.6 is 7.14 Å². The Kier molecular flexibility index (Phi) is 4.25. The summed E-state index contributed by atoms with van der Waals surface area (Å²) in [5, 5.41) is 1.48. The second-order valence-electron chi connectivity index (χ2n) is 3.89. The van der Waals surface area contributed by atoms with E-state index in [-0.39, 0.29) is 0 Å². The molecule has 2 heteroatoms. The largest absolute Gasteiger partial charge is 0.300 e. The van der Waals surface area contributed by atoms with Crippen molar-refractivity contribution >= 4 is 17.8 Å². The third kappa shape index (κ3) is 2.97. The Hall–Kier alpha value is -2.21. The fourth-order valence-corrected chi connectivity index (χ4v) is 3.68. The molecular formula is C17H13OP. The minimum Gasteiger partial charge on any atom is -0.300 e. The SMILES string of the molecule is CC#CC#CP(=O)(c1ccccc1)c1ccccc1. The maximum Gasteiger partial charge on any atom is 0.211 e. The summed E-state index contributed by atoms with van der Waals surface area (Å²) in [7, 11) is -2.92. The molecule has 0 bridgehead atoms. The summed E-state index contributed by atoms with van der Waals surface area (Å²) in [4.78, 5) is 0. The van der Waals surface area contributed by atoms with Crippen LogP contribution in [-0.2, 0) is 4.57 Å². The zero-order chi connectivity index (χ0) is 13.6. The van der Waals surface area contributed by atoms with Gasteiger partial charge in [0.25, 0.3) is 0 Å². The Balaban J connectivity index is 2.61. The maximum absolute atomic E-state index is 13.2. The van der Waals surface area contributed by atoms with Crippen LogP contribution in [0.4, 0.5) is 0 Å². The van der Waals surface area contributed by atoms with Gasteiger partial charge in [-0.1, -0.05) is 66.6 Å². The van der Waals surface area contributed by atoms with Crippen LogP contribution in [0.3, 0.4) is 0 Å². The van der Waals surface area contributed by atoms with Gasteiger partial charge in [-0.15, -0.1) is 0 Å². The number of hydrogen-bond acceptors (Lipinski definition) is 1. The highest BCUT2D eigenvalue weighted by atomic mass is 31.2. The van der Waals surface area contributed by atoms with Crippen LogP contribution in [-0.4, -0.2) is 0 Å². The molecule has 19 heavy (non-hydrogen) atoms. The van der Waals surface area contributed by atoms with Crippen molar-refractivity contribution in [2.24, 2.45) is 0 Å². The van der Waals surface area contributed by atoms with E-state index in [4.69, 9.17) is 0 Å². The van der Waals surface area contributed by atoms with Gasteiger partial charge in [0.2, 0.25) is 7.14 Å². The zero-order valence-corrected chi connectivity index (χ0v) is 11.5. The lowest BCUT2D eigenvalue weighted by Gasteiger charge is -2.12. The fraction of sp³-hybridized carbons (Fsp3) is 0.0588. The van der Waals surface area contributed by atoms with Crippen LogP contribution in [0.15, 0.2) is 60.7 Å². The average molecular weight is 264 g/mol. The average Bonchev–Trinajstić information content (AvgIpc) is 2.49. The Bertz CT molecular complexity index is 666. The predicted octanol–water partition coefficient (Wildman–Crippen LogP) is 2.98. The molecule has 0 unspecified atom stereocenters. The molecule has 2 aromatic carbocycles. The molecule has 0 aliphatic carbocycles. The molecule has 2 rings (SSSR count). The van der Waals surface area contributed by atoms with E-state index in [1.807, 2.05) is 60.7 Å². The first-order valence-electron chi connectivity index (χ1n) is 5.92. The van der Waals surface area contributed by atoms with Crippen molar-refractivity contribution in [3.63, 3.8) is 0 Å². The lowest BCUT2D eigenvalue weighted by atomic mass is 10.4. The molecule has 0 aliphatic rings. The Morgan fingerprint density at radius 3 is 1.68 bits per heavy atom. The van der Waals surface area contributed by atoms with Crippen LogP contribution in [0.25, 0.3) is 0 Å². The highest BCUT2D eigenvalue weighted by Gasteiger charge is 2.24. The van der Waals surface area contributed by atoms with E-state index in [0.29, 0.717) is 0 Å². The summed E-state index contributed by atoms with van der Waals surface area (Å²) >= 11 is 0. The van der Waals surface area contributed by atoms with E-state index in [0.717, 1.165) is 10.6 Å². The van der Waals surface area contributed by atoms with Gasteiger partial charge in [-0.3, -0.25) is 4.57 Å². The summed E-state index contributed by atoms with van der Waals surface area (Å²) < 4.78 is 13.2. The van der Waals surface area contributed by atoms with E-state index in [2.05, 4.69) is 23.4 Å². The third-order valence-corrected chi connectivity index (χ3v) is 5.12. The van der Waals surface area contributed by atoms with E-state index in [1.54, 1.807) is 6.92 Å². The molecule has 2 aromatic rings. The summed E-state index contributed by atoms with van der Waals surface area (Å²) in [6.07, 6.45) is 0. The standard InChI is InChI=1S/C17H13OP/c1-2-3-10-15-19(18,16-11-6-4-7-12-16)17-13-8-5-9-14-17/h4-9,11-14H,1H3. The minimum absolute atomic E-state index is 0.742. The first-order valence-corrected chi connectivity index (χ1v) is 7.63. The van der Waals surface area contributed by atoms with Crippen molar-refractivity contribution in [3.8, 4) is 23.4 Å². The molecule has 0 radical (unpaired) electrons. The van der Waals surface area contributed by atoms with Crippen molar-refractivity contribution in [2.75, 3.05) is 0 Å². The Labute approximate surface area is 114 Å². The summed E-state index contributed by atoms with van der Waals surface area (Å²) in [5.41, 5.74) is 2.86. The van der Waals surface area contributed by atoms with Crippen molar-refractivity contribution in [1.29, 1.82) is 0 Å². The van der Waals surface area contributed by atoms with Crippen LogP contribution in [0.2, 0.25) is 0 Å². The normalized spacial score (nSPS) is 9.74. The molecule has 1 nitrogen and oxygen atoms in total. The first kappa shape index (κ1) is 13.2. The molecule has 0 aliphatic heterocycles. The molecule has 0 heterocycles. The van der Waals surface area contributed by atoms with E-state index >= 15 is 0 Å². The molecule has 92 valence electrons. The van der Waals surface area contributed by atoms with Crippen LogP contribution in [0.5, 0.6) is 0 Å². The lowest BCUT2D eigenvalue weighted by molar-refractivity contribution is 0.593. The molecule has 0 saturated carbocycles. The smallest absolute Gasteiger partial charge is 0.211 e. The van der Waals surface area contributed by atoms with E-state index in [9.17, 15) is 4.57 Å². The highest BCUT2D eigenvalue weighted by Crippen LogP contribution is 2.41. The highest BCUT2D eigenvalue weighted by molar-refractivity contribution is 7.83. The van der Waals surface area contributed by atoms with Gasteiger partial charge in [0, 0.05) is 10.6 Å². The van der Waals surface area contributed by atoms with Gasteiger partial charge in [-0.05, 0) is 24.4 Å². The molecule has 0 spiro atoms. The van der Waals surface area contributed by atoms with Gasteiger partial charge in [0.05, 0.1) is 0 Å². The summed E-state index contributed by atoms with van der Waals surface area (Å²) in [5.74, 6) is 8.06. The molecule has 0 fully saturated rings. The van der Waals surface area contributed by atoms with Crippen molar-refractivity contribution in [2.45, 2.75) is 6.92 Å². The van der Waals surface area contributed by atoms with Crippen LogP contribution in [0.1, 0.15) is 6.92 Å². The number of hydrogen-bond donors (Lipinski definition) is 0. The number of rotatable bonds is 2. The molecule has 0 N–H and O–H groups in total. The third-order valence-electron chi connectivity index (χ3n) is 2.64. The minimum atomic E-state index is -2.92. The van der Waals surface area contributed by atoms with Gasteiger partial charge in [0.15, 0.2) is 0 Å². The number of benzene rings is 2. The first-order chi connectivity index (χ1) is 9.27. The monoisotopic (exact) mass is 264 g/mol.